The van der Waals surface area contributed by atoms with E-state index >= 15 is 0 Å². The Morgan fingerprint density at radius 3 is 2.79 bits per heavy atom. The van der Waals surface area contributed by atoms with Gasteiger partial charge in [0, 0.05) is 5.56 Å². The standard InChI is InChI=1S/C21H16ClFN2O4/c22-15-4-1-5-16(23)19(15)21(27)25-8-10-29-18-7-6-13(11-17(18)25)20(26)24-12-14-3-2-9-28-14/h1-7,9,11H,8,10,12H2,(H,24,26). The summed E-state index contributed by atoms with van der Waals surface area (Å²) in [5, 5.41) is 2.77. The number of rotatable bonds is 4. The van der Waals surface area contributed by atoms with Crippen molar-refractivity contribution in [3.05, 3.63) is 82.5 Å². The van der Waals surface area contributed by atoms with E-state index in [1.165, 1.54) is 29.4 Å². The SMILES string of the molecule is O=C(NCc1ccco1)c1ccc2c(c1)N(C(=O)c1c(F)cccc1Cl)CCO2. The van der Waals surface area contributed by atoms with Gasteiger partial charge in [-0.3, -0.25) is 9.59 Å². The Balaban J connectivity index is 1.61. The van der Waals surface area contributed by atoms with E-state index in [2.05, 4.69) is 5.32 Å². The minimum Gasteiger partial charge on any atom is -0.490 e. The molecule has 0 fully saturated rings. The monoisotopic (exact) mass is 414 g/mol. The summed E-state index contributed by atoms with van der Waals surface area (Å²) in [6, 6.07) is 12.3. The summed E-state index contributed by atoms with van der Waals surface area (Å²) in [5.41, 5.74) is 0.499. The van der Waals surface area contributed by atoms with Crippen LogP contribution in [0, 0.1) is 5.82 Å². The van der Waals surface area contributed by atoms with E-state index in [-0.39, 0.29) is 36.2 Å². The van der Waals surface area contributed by atoms with Crippen molar-refractivity contribution in [3.8, 4) is 5.75 Å². The van der Waals surface area contributed by atoms with Crippen molar-refractivity contribution in [1.82, 2.24) is 5.32 Å². The van der Waals surface area contributed by atoms with Crippen molar-refractivity contribution in [3.63, 3.8) is 0 Å². The van der Waals surface area contributed by atoms with Crippen LogP contribution in [0.25, 0.3) is 0 Å². The number of ether oxygens (including phenoxy) is 1. The average molecular weight is 415 g/mol. The summed E-state index contributed by atoms with van der Waals surface area (Å²) in [6.45, 7) is 0.676. The molecule has 0 atom stereocenters. The number of amides is 2. The number of fused-ring (bicyclic) bond motifs is 1. The molecular weight excluding hydrogens is 399 g/mol. The van der Waals surface area contributed by atoms with Crippen molar-refractivity contribution in [2.75, 3.05) is 18.1 Å². The molecule has 2 heterocycles. The molecule has 3 aromatic rings. The number of carbonyl (C=O) groups excluding carboxylic acids is 2. The second-order valence-corrected chi connectivity index (χ2v) is 6.75. The first-order valence-corrected chi connectivity index (χ1v) is 9.25. The summed E-state index contributed by atoms with van der Waals surface area (Å²) < 4.78 is 25.0. The first kappa shape index (κ1) is 19.0. The Morgan fingerprint density at radius 2 is 2.03 bits per heavy atom. The molecule has 1 aliphatic heterocycles. The highest BCUT2D eigenvalue weighted by Gasteiger charge is 2.29. The van der Waals surface area contributed by atoms with Crippen LogP contribution in [0.3, 0.4) is 0 Å². The fourth-order valence-corrected chi connectivity index (χ4v) is 3.33. The van der Waals surface area contributed by atoms with Crippen LogP contribution >= 0.6 is 11.6 Å². The van der Waals surface area contributed by atoms with E-state index in [1.54, 1.807) is 30.3 Å². The van der Waals surface area contributed by atoms with Crippen LogP contribution in [0.5, 0.6) is 5.75 Å². The molecule has 0 saturated heterocycles. The molecule has 0 saturated carbocycles. The maximum atomic E-state index is 14.2. The number of nitrogens with zero attached hydrogens (tertiary/aromatic N) is 1. The molecule has 0 aliphatic carbocycles. The van der Waals surface area contributed by atoms with Crippen molar-refractivity contribution in [2.24, 2.45) is 0 Å². The smallest absolute Gasteiger partial charge is 0.263 e. The lowest BCUT2D eigenvalue weighted by Crippen LogP contribution is -2.38. The predicted octanol–water partition coefficient (Wildman–Crippen LogP) is 4.04. The highest BCUT2D eigenvalue weighted by atomic mass is 35.5. The number of hydrogen-bond donors (Lipinski definition) is 1. The van der Waals surface area contributed by atoms with E-state index in [0.717, 1.165) is 0 Å². The number of benzene rings is 2. The van der Waals surface area contributed by atoms with E-state index in [4.69, 9.17) is 20.8 Å². The molecule has 8 heteroatoms. The van der Waals surface area contributed by atoms with Gasteiger partial charge in [0.05, 0.1) is 35.6 Å². The molecular formula is C21H16ClFN2O4. The molecule has 0 unspecified atom stereocenters. The number of carbonyl (C=O) groups is 2. The summed E-state index contributed by atoms with van der Waals surface area (Å²) >= 11 is 6.05. The highest BCUT2D eigenvalue weighted by molar-refractivity contribution is 6.34. The molecule has 1 N–H and O–H groups in total. The Bertz CT molecular complexity index is 1050. The molecule has 2 aromatic carbocycles. The second-order valence-electron chi connectivity index (χ2n) is 6.35. The summed E-state index contributed by atoms with van der Waals surface area (Å²) in [7, 11) is 0. The zero-order chi connectivity index (χ0) is 20.4. The van der Waals surface area contributed by atoms with Crippen molar-refractivity contribution < 1.29 is 23.1 Å². The van der Waals surface area contributed by atoms with Crippen LogP contribution in [0.4, 0.5) is 10.1 Å². The van der Waals surface area contributed by atoms with E-state index in [9.17, 15) is 14.0 Å². The molecule has 0 bridgehead atoms. The highest BCUT2D eigenvalue weighted by Crippen LogP contribution is 2.34. The lowest BCUT2D eigenvalue weighted by molar-refractivity contribution is 0.0943. The molecule has 1 aliphatic rings. The largest absolute Gasteiger partial charge is 0.490 e. The normalized spacial score (nSPS) is 12.8. The van der Waals surface area contributed by atoms with Crippen molar-refractivity contribution >= 4 is 29.1 Å². The van der Waals surface area contributed by atoms with Crippen molar-refractivity contribution in [2.45, 2.75) is 6.54 Å². The van der Waals surface area contributed by atoms with Crippen LogP contribution in [-0.2, 0) is 6.54 Å². The zero-order valence-corrected chi connectivity index (χ0v) is 15.9. The molecule has 2 amide bonds. The summed E-state index contributed by atoms with van der Waals surface area (Å²) in [5.74, 6) is -0.593. The topological polar surface area (TPSA) is 71.8 Å². The fourth-order valence-electron chi connectivity index (χ4n) is 3.09. The lowest BCUT2D eigenvalue weighted by Gasteiger charge is -2.30. The van der Waals surface area contributed by atoms with Crippen LogP contribution in [0.1, 0.15) is 26.5 Å². The van der Waals surface area contributed by atoms with Crippen LogP contribution < -0.4 is 15.0 Å². The number of nitrogens with one attached hydrogen (secondary N) is 1. The van der Waals surface area contributed by atoms with Crippen LogP contribution in [-0.4, -0.2) is 25.0 Å². The molecule has 148 valence electrons. The number of hydrogen-bond acceptors (Lipinski definition) is 4. The van der Waals surface area contributed by atoms with Gasteiger partial charge in [0.15, 0.2) is 0 Å². The average Bonchev–Trinajstić information content (AvgIpc) is 3.24. The molecule has 6 nitrogen and oxygen atoms in total. The van der Waals surface area contributed by atoms with Gasteiger partial charge in [-0.15, -0.1) is 0 Å². The van der Waals surface area contributed by atoms with Gasteiger partial charge < -0.3 is 19.4 Å². The molecule has 4 rings (SSSR count). The maximum Gasteiger partial charge on any atom is 0.263 e. The first-order chi connectivity index (χ1) is 14.0. The van der Waals surface area contributed by atoms with Gasteiger partial charge in [-0.25, -0.2) is 4.39 Å². The molecule has 29 heavy (non-hydrogen) atoms. The Kier molecular flexibility index (Phi) is 5.22. The van der Waals surface area contributed by atoms with Crippen LogP contribution in [0.15, 0.2) is 59.2 Å². The van der Waals surface area contributed by atoms with Gasteiger partial charge in [-0.2, -0.15) is 0 Å². The van der Waals surface area contributed by atoms with E-state index < -0.39 is 11.7 Å². The predicted molar refractivity (Wildman–Crippen MR) is 105 cm³/mol. The Morgan fingerprint density at radius 1 is 1.17 bits per heavy atom. The maximum absolute atomic E-state index is 14.2. The van der Waals surface area contributed by atoms with Gasteiger partial charge >= 0.3 is 0 Å². The Hall–Kier alpha value is -3.32. The van der Waals surface area contributed by atoms with Gasteiger partial charge in [0.2, 0.25) is 0 Å². The van der Waals surface area contributed by atoms with Gasteiger partial charge in [-0.05, 0) is 42.5 Å². The quantitative estimate of drug-likeness (QED) is 0.699. The summed E-state index contributed by atoms with van der Waals surface area (Å²) in [4.78, 5) is 26.9. The third kappa shape index (κ3) is 3.82. The number of furan rings is 1. The number of halogens is 2. The summed E-state index contributed by atoms with van der Waals surface area (Å²) in [6.07, 6.45) is 1.52. The Labute approximate surface area is 170 Å². The minimum atomic E-state index is -0.706. The third-order valence-corrected chi connectivity index (χ3v) is 4.82. The van der Waals surface area contributed by atoms with Gasteiger partial charge in [0.1, 0.15) is 23.9 Å². The van der Waals surface area contributed by atoms with Gasteiger partial charge in [0.25, 0.3) is 11.8 Å². The zero-order valence-electron chi connectivity index (χ0n) is 15.2. The van der Waals surface area contributed by atoms with Crippen molar-refractivity contribution in [1.29, 1.82) is 0 Å². The van der Waals surface area contributed by atoms with E-state index in [0.29, 0.717) is 22.8 Å². The van der Waals surface area contributed by atoms with Gasteiger partial charge in [-0.1, -0.05) is 17.7 Å². The molecule has 0 radical (unpaired) electrons. The number of anilines is 1. The fraction of sp³-hybridized carbons (Fsp3) is 0.143. The second kappa shape index (κ2) is 7.97. The van der Waals surface area contributed by atoms with E-state index in [1.807, 2.05) is 0 Å². The molecule has 1 aromatic heterocycles. The first-order valence-electron chi connectivity index (χ1n) is 8.88. The van der Waals surface area contributed by atoms with Crippen LogP contribution in [0.2, 0.25) is 5.02 Å². The minimum absolute atomic E-state index is 0.0235. The lowest BCUT2D eigenvalue weighted by atomic mass is 10.1. The third-order valence-electron chi connectivity index (χ3n) is 4.51. The molecule has 0 spiro atoms.